The summed E-state index contributed by atoms with van der Waals surface area (Å²) in [7, 11) is 0. The van der Waals surface area contributed by atoms with Gasteiger partial charge in [0.2, 0.25) is 0 Å². The topological polar surface area (TPSA) is 118 Å². The Bertz CT molecular complexity index is 850. The summed E-state index contributed by atoms with van der Waals surface area (Å²) in [6.07, 6.45) is 2.51. The maximum Gasteiger partial charge on any atom is 0.159 e. The molecule has 0 radical (unpaired) electrons. The van der Waals surface area contributed by atoms with Crippen LogP contribution in [-0.2, 0) is 4.79 Å². The van der Waals surface area contributed by atoms with Gasteiger partial charge in [-0.1, -0.05) is 34.6 Å². The van der Waals surface area contributed by atoms with Crippen LogP contribution < -0.4 is 0 Å². The number of hydrogen-bond donors (Lipinski definition) is 5. The molecular formula is C28H46O6. The maximum absolute atomic E-state index is 13.3. The van der Waals surface area contributed by atoms with Crippen LogP contribution in [-0.4, -0.2) is 60.8 Å². The van der Waals surface area contributed by atoms with E-state index in [1.807, 2.05) is 13.8 Å². The molecule has 6 heteroatoms. The molecule has 5 N–H and O–H groups in total. The van der Waals surface area contributed by atoms with Gasteiger partial charge in [0.1, 0.15) is 0 Å². The Morgan fingerprint density at radius 1 is 1.09 bits per heavy atom. The van der Waals surface area contributed by atoms with Gasteiger partial charge in [-0.05, 0) is 92.6 Å². The predicted molar refractivity (Wildman–Crippen MR) is 130 cm³/mol. The average molecular weight is 479 g/mol. The normalized spacial score (nSPS) is 47.8. The Kier molecular flexibility index (Phi) is 6.47. The first-order chi connectivity index (χ1) is 15.6. The summed E-state index contributed by atoms with van der Waals surface area (Å²) in [5.74, 6) is -0.126. The first-order valence-electron chi connectivity index (χ1n) is 13.3. The molecule has 3 saturated carbocycles. The molecule has 4 aliphatic rings. The first kappa shape index (κ1) is 26.3. The zero-order valence-electron chi connectivity index (χ0n) is 21.8. The molecule has 0 aliphatic heterocycles. The van der Waals surface area contributed by atoms with Gasteiger partial charge in [-0.15, -0.1) is 0 Å². The molecule has 3 fully saturated rings. The molecule has 0 amide bonds. The largest absolute Gasteiger partial charge is 0.390 e. The van der Waals surface area contributed by atoms with Crippen molar-refractivity contribution in [1.82, 2.24) is 0 Å². The van der Waals surface area contributed by atoms with Crippen LogP contribution in [0.3, 0.4) is 0 Å². The summed E-state index contributed by atoms with van der Waals surface area (Å²) in [5.41, 5.74) is -3.03. The minimum atomic E-state index is -1.36. The van der Waals surface area contributed by atoms with Crippen molar-refractivity contribution in [2.24, 2.45) is 40.4 Å². The van der Waals surface area contributed by atoms with E-state index in [1.54, 1.807) is 13.0 Å². The van der Waals surface area contributed by atoms with Gasteiger partial charge in [0, 0.05) is 11.3 Å². The summed E-state index contributed by atoms with van der Waals surface area (Å²) in [4.78, 5) is 13.3. The van der Waals surface area contributed by atoms with Crippen molar-refractivity contribution in [2.75, 3.05) is 0 Å². The number of ketones is 1. The van der Waals surface area contributed by atoms with Gasteiger partial charge >= 0.3 is 0 Å². The lowest BCUT2D eigenvalue weighted by Crippen LogP contribution is -2.62. The minimum Gasteiger partial charge on any atom is -0.390 e. The molecule has 0 aromatic heterocycles. The molecular weight excluding hydrogens is 432 g/mol. The third kappa shape index (κ3) is 3.58. The summed E-state index contributed by atoms with van der Waals surface area (Å²) < 4.78 is 0. The Hall–Kier alpha value is -0.790. The van der Waals surface area contributed by atoms with Crippen molar-refractivity contribution in [3.63, 3.8) is 0 Å². The molecule has 4 rings (SSSR count). The van der Waals surface area contributed by atoms with Crippen LogP contribution in [0.25, 0.3) is 0 Å². The number of carbonyl (C=O) groups is 1. The Morgan fingerprint density at radius 2 is 1.74 bits per heavy atom. The highest BCUT2D eigenvalue weighted by Gasteiger charge is 2.69. The third-order valence-electron chi connectivity index (χ3n) is 11.2. The van der Waals surface area contributed by atoms with Gasteiger partial charge in [-0.25, -0.2) is 0 Å². The van der Waals surface area contributed by atoms with Crippen molar-refractivity contribution in [2.45, 2.75) is 116 Å². The maximum atomic E-state index is 13.3. The zero-order chi connectivity index (χ0) is 25.4. The first-order valence-corrected chi connectivity index (χ1v) is 13.3. The molecule has 0 bridgehead atoms. The van der Waals surface area contributed by atoms with Crippen LogP contribution in [0.15, 0.2) is 11.6 Å². The van der Waals surface area contributed by atoms with E-state index in [1.165, 1.54) is 0 Å². The molecule has 0 aromatic carbocycles. The molecule has 0 spiro atoms. The van der Waals surface area contributed by atoms with E-state index in [4.69, 9.17) is 0 Å². The quantitative estimate of drug-likeness (QED) is 0.415. The Morgan fingerprint density at radius 3 is 2.35 bits per heavy atom. The molecule has 0 aromatic rings. The van der Waals surface area contributed by atoms with E-state index >= 15 is 0 Å². The fourth-order valence-corrected chi connectivity index (χ4v) is 8.40. The summed E-state index contributed by atoms with van der Waals surface area (Å²) in [5, 5.41) is 55.8. The van der Waals surface area contributed by atoms with Crippen LogP contribution in [0.1, 0.15) is 86.5 Å². The number of hydrogen-bond acceptors (Lipinski definition) is 6. The summed E-state index contributed by atoms with van der Waals surface area (Å²) in [6, 6.07) is 0. The predicted octanol–water partition coefficient (Wildman–Crippen LogP) is 2.99. The smallest absolute Gasteiger partial charge is 0.159 e. The second kappa shape index (κ2) is 8.37. The van der Waals surface area contributed by atoms with Crippen molar-refractivity contribution >= 4 is 5.78 Å². The van der Waals surface area contributed by atoms with Gasteiger partial charge in [-0.3, -0.25) is 4.79 Å². The standard InChI is InChI=1S/C28H46O6/c1-15(2)16(3)11-24(32)27(6,33)23-8-10-28(34)18-12-20(29)19-13-21(30)22(31)14-25(19,4)17(18)7-9-26(23,28)5/h12,15-17,19,21-24,30-34H,7-11,13-14H2,1-6H3/t16?,17-,19-,21+,22-,23?,24+,25+,26+,27+,28+/m0/s1. The van der Waals surface area contributed by atoms with E-state index in [9.17, 15) is 30.3 Å². The number of allylic oxidation sites excluding steroid dienone is 1. The number of aliphatic hydroxyl groups is 5. The van der Waals surface area contributed by atoms with E-state index < -0.39 is 40.3 Å². The second-order valence-electron chi connectivity index (χ2n) is 13.3. The second-order valence-corrected chi connectivity index (χ2v) is 13.3. The molecule has 6 nitrogen and oxygen atoms in total. The lowest BCUT2D eigenvalue weighted by Gasteiger charge is -2.60. The van der Waals surface area contributed by atoms with Gasteiger partial charge in [-0.2, -0.15) is 0 Å². The van der Waals surface area contributed by atoms with Gasteiger partial charge in [0.25, 0.3) is 0 Å². The minimum absolute atomic E-state index is 0.0509. The lowest BCUT2D eigenvalue weighted by atomic mass is 9.45. The number of fused-ring (bicyclic) bond motifs is 5. The van der Waals surface area contributed by atoms with E-state index in [-0.39, 0.29) is 35.9 Å². The van der Waals surface area contributed by atoms with Crippen molar-refractivity contribution in [3.05, 3.63) is 11.6 Å². The Labute approximate surface area is 204 Å². The molecule has 34 heavy (non-hydrogen) atoms. The van der Waals surface area contributed by atoms with Gasteiger partial charge < -0.3 is 25.5 Å². The van der Waals surface area contributed by atoms with Crippen LogP contribution in [0.5, 0.6) is 0 Å². The zero-order valence-corrected chi connectivity index (χ0v) is 21.8. The van der Waals surface area contributed by atoms with Crippen molar-refractivity contribution in [3.8, 4) is 0 Å². The van der Waals surface area contributed by atoms with E-state index in [0.29, 0.717) is 38.0 Å². The van der Waals surface area contributed by atoms with Crippen molar-refractivity contribution < 1.29 is 30.3 Å². The number of rotatable bonds is 5. The van der Waals surface area contributed by atoms with Gasteiger partial charge in [0.15, 0.2) is 5.78 Å². The third-order valence-corrected chi connectivity index (χ3v) is 11.2. The molecule has 0 saturated heterocycles. The molecule has 0 heterocycles. The summed E-state index contributed by atoms with van der Waals surface area (Å²) >= 11 is 0. The van der Waals surface area contributed by atoms with Crippen molar-refractivity contribution in [1.29, 1.82) is 0 Å². The fraction of sp³-hybridized carbons (Fsp3) is 0.893. The summed E-state index contributed by atoms with van der Waals surface area (Å²) in [6.45, 7) is 12.1. The Balaban J connectivity index is 1.68. The van der Waals surface area contributed by atoms with E-state index in [2.05, 4.69) is 20.8 Å². The van der Waals surface area contributed by atoms with Gasteiger partial charge in [0.05, 0.1) is 29.5 Å². The van der Waals surface area contributed by atoms with Crippen LogP contribution >= 0.6 is 0 Å². The average Bonchev–Trinajstić information content (AvgIpc) is 3.02. The highest BCUT2D eigenvalue weighted by atomic mass is 16.3. The SMILES string of the molecule is CC(C)C(C)C[C@@H](O)[C@](C)(O)C1CC[C@@]2(O)C3=CC(=O)[C@@H]4C[C@@H](O)[C@@H](O)C[C@]4(C)[C@H]3CC[C@]12C. The lowest BCUT2D eigenvalue weighted by molar-refractivity contribution is -0.177. The number of carbonyl (C=O) groups excluding carboxylic acids is 1. The van der Waals surface area contributed by atoms with Crippen LogP contribution in [0.4, 0.5) is 0 Å². The van der Waals surface area contributed by atoms with Crippen LogP contribution in [0, 0.1) is 40.4 Å². The molecule has 2 unspecified atom stereocenters. The van der Waals surface area contributed by atoms with Crippen LogP contribution in [0.2, 0.25) is 0 Å². The molecule has 194 valence electrons. The number of aliphatic hydroxyl groups excluding tert-OH is 3. The fourth-order valence-electron chi connectivity index (χ4n) is 8.40. The van der Waals surface area contributed by atoms with E-state index in [0.717, 1.165) is 12.0 Å². The highest BCUT2D eigenvalue weighted by Crippen LogP contribution is 2.68. The monoisotopic (exact) mass is 478 g/mol. The highest BCUT2D eigenvalue weighted by molar-refractivity contribution is 5.95. The molecule has 4 aliphatic carbocycles. The molecule has 11 atom stereocenters.